The lowest BCUT2D eigenvalue weighted by Gasteiger charge is -1.92. The molecule has 0 unspecified atom stereocenters. The van der Waals surface area contributed by atoms with Crippen LogP contribution in [0.5, 0.6) is 0 Å². The molecule has 2 rings (SSSR count). The smallest absolute Gasteiger partial charge is 0.157 e. The van der Waals surface area contributed by atoms with Gasteiger partial charge in [-0.1, -0.05) is 0 Å². The minimum Gasteiger partial charge on any atom is -0.343 e. The van der Waals surface area contributed by atoms with E-state index in [1.807, 2.05) is 6.08 Å². The van der Waals surface area contributed by atoms with Crippen LogP contribution in [0, 0.1) is 0 Å². The van der Waals surface area contributed by atoms with Crippen molar-refractivity contribution in [1.29, 1.82) is 0 Å². The molecule has 5 nitrogen and oxygen atoms in total. The van der Waals surface area contributed by atoms with Crippen molar-refractivity contribution in [3.63, 3.8) is 0 Å². The van der Waals surface area contributed by atoms with Gasteiger partial charge in [-0.2, -0.15) is 15.7 Å². The molecule has 2 heterocycles. The van der Waals surface area contributed by atoms with Crippen molar-refractivity contribution in [2.24, 2.45) is 10.2 Å². The number of allylic oxidation sites excluding steroid dienone is 2. The summed E-state index contributed by atoms with van der Waals surface area (Å²) in [7, 11) is 0. The Bertz CT molecular complexity index is 333. The van der Waals surface area contributed by atoms with E-state index in [1.165, 1.54) is 0 Å². The lowest BCUT2D eigenvalue weighted by Crippen LogP contribution is -2.04. The Morgan fingerprint density at radius 1 is 1.33 bits per heavy atom. The maximum absolute atomic E-state index is 4.05. The Morgan fingerprint density at radius 2 is 2.33 bits per heavy atom. The number of imidazole rings is 1. The average Bonchev–Trinajstić information content (AvgIpc) is 2.48. The fraction of sp³-hybridized carbons (Fsp3) is 0. The van der Waals surface area contributed by atoms with Crippen LogP contribution in [0.15, 0.2) is 34.7 Å². The zero-order valence-corrected chi connectivity index (χ0v) is 6.23. The van der Waals surface area contributed by atoms with E-state index in [9.17, 15) is 0 Å². The van der Waals surface area contributed by atoms with E-state index in [-0.39, 0.29) is 0 Å². The molecule has 1 aliphatic heterocycles. The molecular weight excluding hydrogens is 154 g/mol. The molecule has 0 aliphatic carbocycles. The Kier molecular flexibility index (Phi) is 1.69. The van der Waals surface area contributed by atoms with Crippen molar-refractivity contribution in [2.75, 3.05) is 0 Å². The molecule has 0 radical (unpaired) electrons. The third kappa shape index (κ3) is 1.24. The minimum absolute atomic E-state index is 0.726. The van der Waals surface area contributed by atoms with Crippen molar-refractivity contribution >= 4 is 11.9 Å². The number of hydrogen-bond acceptors (Lipinski definition) is 4. The molecule has 12 heavy (non-hydrogen) atoms. The van der Waals surface area contributed by atoms with Crippen LogP contribution in [0.3, 0.4) is 0 Å². The van der Waals surface area contributed by atoms with E-state index in [4.69, 9.17) is 0 Å². The average molecular weight is 161 g/mol. The normalized spacial score (nSPS) is 15.2. The molecule has 0 amide bonds. The highest BCUT2D eigenvalue weighted by atomic mass is 15.5. The second-order valence-corrected chi connectivity index (χ2v) is 2.17. The number of aromatic nitrogens is 2. The topological polar surface area (TPSA) is 65.4 Å². The van der Waals surface area contributed by atoms with Crippen LogP contribution in [0.2, 0.25) is 0 Å². The van der Waals surface area contributed by atoms with Gasteiger partial charge in [0.05, 0.1) is 0 Å². The molecule has 5 heteroatoms. The molecular formula is C7H7N5. The third-order valence-corrected chi connectivity index (χ3v) is 1.38. The number of nitrogens with zero attached hydrogens (tertiary/aromatic N) is 3. The van der Waals surface area contributed by atoms with Gasteiger partial charge in [0.25, 0.3) is 0 Å². The summed E-state index contributed by atoms with van der Waals surface area (Å²) in [4.78, 5) is 6.99. The predicted molar refractivity (Wildman–Crippen MR) is 45.9 cm³/mol. The highest BCUT2D eigenvalue weighted by Crippen LogP contribution is 1.95. The molecule has 0 fully saturated rings. The highest BCUT2D eigenvalue weighted by Gasteiger charge is 2.01. The van der Waals surface area contributed by atoms with Gasteiger partial charge in [0.1, 0.15) is 5.71 Å². The van der Waals surface area contributed by atoms with Crippen molar-refractivity contribution in [1.82, 2.24) is 15.5 Å². The summed E-state index contributed by atoms with van der Waals surface area (Å²) in [6.07, 6.45) is 8.66. The minimum atomic E-state index is 0.726. The van der Waals surface area contributed by atoms with Gasteiger partial charge in [0.15, 0.2) is 5.82 Å². The summed E-state index contributed by atoms with van der Waals surface area (Å²) in [6, 6.07) is 0. The van der Waals surface area contributed by atoms with Gasteiger partial charge in [0, 0.05) is 18.6 Å². The van der Waals surface area contributed by atoms with Crippen LogP contribution in [0.25, 0.3) is 0 Å². The van der Waals surface area contributed by atoms with Crippen molar-refractivity contribution < 1.29 is 0 Å². The molecule has 2 N–H and O–H groups in total. The second kappa shape index (κ2) is 3.00. The second-order valence-electron chi connectivity index (χ2n) is 2.17. The number of H-pyrrole nitrogens is 1. The van der Waals surface area contributed by atoms with E-state index in [0.717, 1.165) is 11.5 Å². The van der Waals surface area contributed by atoms with Gasteiger partial charge in [-0.15, -0.1) is 0 Å². The van der Waals surface area contributed by atoms with Crippen molar-refractivity contribution in [3.05, 3.63) is 30.4 Å². The van der Waals surface area contributed by atoms with Crippen LogP contribution in [0.4, 0.5) is 0 Å². The SMILES string of the molecule is C1=CC(c2ncc[nH]2)=NNN=C1. The quantitative estimate of drug-likeness (QED) is 0.620. The van der Waals surface area contributed by atoms with Crippen LogP contribution in [-0.4, -0.2) is 21.9 Å². The highest BCUT2D eigenvalue weighted by molar-refractivity contribution is 6.07. The summed E-state index contributed by atoms with van der Waals surface area (Å²) in [5.74, 6) is 0.726. The van der Waals surface area contributed by atoms with Crippen molar-refractivity contribution in [2.45, 2.75) is 0 Å². The summed E-state index contributed by atoms with van der Waals surface area (Å²) >= 11 is 0. The van der Waals surface area contributed by atoms with Crippen LogP contribution in [-0.2, 0) is 0 Å². The first-order valence-electron chi connectivity index (χ1n) is 3.49. The first kappa shape index (κ1) is 6.78. The monoisotopic (exact) mass is 161 g/mol. The maximum atomic E-state index is 4.05. The third-order valence-electron chi connectivity index (χ3n) is 1.38. The Morgan fingerprint density at radius 3 is 3.17 bits per heavy atom. The largest absolute Gasteiger partial charge is 0.343 e. The van der Waals surface area contributed by atoms with Gasteiger partial charge in [-0.25, -0.2) is 4.98 Å². The molecule has 1 aromatic heterocycles. The first-order chi connectivity index (χ1) is 5.97. The molecule has 1 aromatic rings. The van der Waals surface area contributed by atoms with E-state index < -0.39 is 0 Å². The predicted octanol–water partition coefficient (Wildman–Crippen LogP) is 0.259. The lowest BCUT2D eigenvalue weighted by molar-refractivity contribution is 0.815. The Balaban J connectivity index is 2.30. The zero-order valence-electron chi connectivity index (χ0n) is 6.23. The molecule has 0 bridgehead atoms. The summed E-state index contributed by atoms with van der Waals surface area (Å²) in [5, 5.41) is 7.69. The first-order valence-corrected chi connectivity index (χ1v) is 3.49. The van der Waals surface area contributed by atoms with Gasteiger partial charge < -0.3 is 4.98 Å². The van der Waals surface area contributed by atoms with Gasteiger partial charge in [0.2, 0.25) is 0 Å². The molecule has 1 aliphatic rings. The van der Waals surface area contributed by atoms with Gasteiger partial charge in [-0.05, 0) is 12.2 Å². The zero-order chi connectivity index (χ0) is 8.23. The fourth-order valence-corrected chi connectivity index (χ4v) is 0.868. The molecule has 0 aromatic carbocycles. The Labute approximate surface area is 68.9 Å². The number of rotatable bonds is 1. The van der Waals surface area contributed by atoms with Crippen LogP contribution < -0.4 is 5.53 Å². The summed E-state index contributed by atoms with van der Waals surface area (Å²) in [5.41, 5.74) is 3.25. The molecule has 0 atom stereocenters. The number of hydrazone groups is 2. The van der Waals surface area contributed by atoms with Crippen LogP contribution >= 0.6 is 0 Å². The lowest BCUT2D eigenvalue weighted by atomic mass is 10.3. The number of nitrogens with one attached hydrogen (secondary N) is 2. The number of hydrogen-bond donors (Lipinski definition) is 2. The van der Waals surface area contributed by atoms with Crippen LogP contribution in [0.1, 0.15) is 5.82 Å². The van der Waals surface area contributed by atoms with Crippen molar-refractivity contribution in [3.8, 4) is 0 Å². The summed E-state index contributed by atoms with van der Waals surface area (Å²) < 4.78 is 0. The van der Waals surface area contributed by atoms with E-state index in [2.05, 4.69) is 25.7 Å². The maximum Gasteiger partial charge on any atom is 0.157 e. The molecule has 0 saturated heterocycles. The molecule has 60 valence electrons. The molecule has 0 saturated carbocycles. The fourth-order valence-electron chi connectivity index (χ4n) is 0.868. The van der Waals surface area contributed by atoms with E-state index >= 15 is 0 Å². The molecule has 0 spiro atoms. The van der Waals surface area contributed by atoms with Gasteiger partial charge >= 0.3 is 0 Å². The Hall–Kier alpha value is -1.91. The standard InChI is InChI=1S/C7H7N5/c1-2-6(11-12-10-3-1)7-8-4-5-9-7/h1-5,12H,(H,8,9). The number of aromatic amines is 1. The summed E-state index contributed by atoms with van der Waals surface area (Å²) in [6.45, 7) is 0. The van der Waals surface area contributed by atoms with E-state index in [0.29, 0.717) is 0 Å². The van der Waals surface area contributed by atoms with Gasteiger partial charge in [-0.3, -0.25) is 0 Å². The van der Waals surface area contributed by atoms with E-state index in [1.54, 1.807) is 24.7 Å².